The molecule has 112 valence electrons. The van der Waals surface area contributed by atoms with Crippen molar-refractivity contribution in [1.82, 2.24) is 9.97 Å². The maximum atomic E-state index is 11.9. The molecule has 0 saturated heterocycles. The molecule has 0 atom stereocenters. The molecule has 0 saturated carbocycles. The normalized spacial score (nSPS) is 11.4. The minimum absolute atomic E-state index is 0.00847. The van der Waals surface area contributed by atoms with Crippen LogP contribution in [0.25, 0.3) is 0 Å². The molecule has 0 aromatic carbocycles. The zero-order valence-corrected chi connectivity index (χ0v) is 14.1. The van der Waals surface area contributed by atoms with E-state index in [2.05, 4.69) is 36.1 Å². The van der Waals surface area contributed by atoms with Gasteiger partial charge in [-0.25, -0.2) is 4.98 Å². The van der Waals surface area contributed by atoms with Gasteiger partial charge in [-0.05, 0) is 11.6 Å². The maximum Gasteiger partial charge on any atom is 0.236 e. The highest BCUT2D eigenvalue weighted by Gasteiger charge is 2.18. The van der Waals surface area contributed by atoms with Crippen LogP contribution in [0.2, 0.25) is 0 Å². The Balaban J connectivity index is 1.78. The van der Waals surface area contributed by atoms with Gasteiger partial charge in [0, 0.05) is 28.9 Å². The molecule has 1 N–H and O–H groups in total. The van der Waals surface area contributed by atoms with Crippen molar-refractivity contribution in [3.05, 3.63) is 41.2 Å². The van der Waals surface area contributed by atoms with E-state index in [1.165, 1.54) is 11.3 Å². The predicted molar refractivity (Wildman–Crippen MR) is 89.8 cm³/mol. The first-order valence-electron chi connectivity index (χ1n) is 6.67. The van der Waals surface area contributed by atoms with Crippen LogP contribution in [0.3, 0.4) is 0 Å². The lowest BCUT2D eigenvalue weighted by Crippen LogP contribution is -2.15. The number of aromatic nitrogens is 2. The third-order valence-electron chi connectivity index (χ3n) is 2.74. The second-order valence-electron chi connectivity index (χ2n) is 5.69. The van der Waals surface area contributed by atoms with E-state index in [0.717, 1.165) is 17.0 Å². The number of thioether (sulfide) groups is 1. The molecule has 6 heteroatoms. The highest BCUT2D eigenvalue weighted by Crippen LogP contribution is 2.26. The maximum absolute atomic E-state index is 11.9. The lowest BCUT2D eigenvalue weighted by Gasteiger charge is -2.14. The molecular formula is C15H19N3OS2. The van der Waals surface area contributed by atoms with Gasteiger partial charge in [0.2, 0.25) is 5.91 Å². The highest BCUT2D eigenvalue weighted by molar-refractivity contribution is 7.99. The summed E-state index contributed by atoms with van der Waals surface area (Å²) in [5, 5.41) is 5.52. The Morgan fingerprint density at radius 1 is 1.43 bits per heavy atom. The van der Waals surface area contributed by atoms with Crippen LogP contribution < -0.4 is 5.32 Å². The number of rotatable bonds is 5. The van der Waals surface area contributed by atoms with Crippen LogP contribution in [0, 0.1) is 0 Å². The number of carbonyl (C=O) groups excluding carboxylic acids is 1. The Labute approximate surface area is 133 Å². The first-order valence-corrected chi connectivity index (χ1v) is 8.71. The van der Waals surface area contributed by atoms with Crippen LogP contribution in [0.4, 0.5) is 5.13 Å². The number of hydrogen-bond donors (Lipinski definition) is 1. The summed E-state index contributed by atoms with van der Waals surface area (Å²) >= 11 is 3.04. The molecule has 2 aromatic heterocycles. The van der Waals surface area contributed by atoms with Gasteiger partial charge in [0.1, 0.15) is 0 Å². The summed E-state index contributed by atoms with van der Waals surface area (Å²) in [6.07, 6.45) is 3.57. The standard InChI is InChI=1S/C15H19N3OS2/c1-15(2,3)12-9-21-14(17-12)18-13(19)10-20-8-11-5-4-6-16-7-11/h4-7,9H,8,10H2,1-3H3,(H,17,18,19). The van der Waals surface area contributed by atoms with Crippen molar-refractivity contribution in [2.24, 2.45) is 0 Å². The smallest absolute Gasteiger partial charge is 0.236 e. The minimum atomic E-state index is -0.0151. The fourth-order valence-corrected chi connectivity index (χ4v) is 3.30. The number of anilines is 1. The van der Waals surface area contributed by atoms with E-state index in [1.54, 1.807) is 18.0 Å². The van der Waals surface area contributed by atoms with Crippen molar-refractivity contribution in [2.45, 2.75) is 31.9 Å². The van der Waals surface area contributed by atoms with Gasteiger partial charge in [0.15, 0.2) is 5.13 Å². The fourth-order valence-electron chi connectivity index (χ4n) is 1.58. The molecule has 0 fully saturated rings. The summed E-state index contributed by atoms with van der Waals surface area (Å²) < 4.78 is 0. The van der Waals surface area contributed by atoms with Gasteiger partial charge in [0.05, 0.1) is 11.4 Å². The van der Waals surface area contributed by atoms with E-state index in [-0.39, 0.29) is 11.3 Å². The fraction of sp³-hybridized carbons (Fsp3) is 0.400. The molecule has 4 nitrogen and oxygen atoms in total. The third-order valence-corrected chi connectivity index (χ3v) is 4.51. The number of hydrogen-bond acceptors (Lipinski definition) is 5. The first-order chi connectivity index (χ1) is 9.95. The van der Waals surface area contributed by atoms with E-state index in [1.807, 2.05) is 23.7 Å². The minimum Gasteiger partial charge on any atom is -0.301 e. The van der Waals surface area contributed by atoms with Crippen molar-refractivity contribution in [2.75, 3.05) is 11.1 Å². The predicted octanol–water partition coefficient (Wildman–Crippen LogP) is 3.71. The zero-order valence-electron chi connectivity index (χ0n) is 12.4. The van der Waals surface area contributed by atoms with Gasteiger partial charge in [-0.2, -0.15) is 0 Å². The van der Waals surface area contributed by atoms with Crippen LogP contribution in [-0.4, -0.2) is 21.6 Å². The van der Waals surface area contributed by atoms with Crippen LogP contribution >= 0.6 is 23.1 Å². The number of amides is 1. The Morgan fingerprint density at radius 3 is 2.86 bits per heavy atom. The number of nitrogens with one attached hydrogen (secondary N) is 1. The van der Waals surface area contributed by atoms with E-state index >= 15 is 0 Å². The molecule has 0 radical (unpaired) electrons. The van der Waals surface area contributed by atoms with Crippen molar-refractivity contribution in [3.63, 3.8) is 0 Å². The SMILES string of the molecule is CC(C)(C)c1csc(NC(=O)CSCc2cccnc2)n1. The first kappa shape index (κ1) is 16.0. The van der Waals surface area contributed by atoms with Gasteiger partial charge >= 0.3 is 0 Å². The van der Waals surface area contributed by atoms with E-state index in [4.69, 9.17) is 0 Å². The molecule has 2 rings (SSSR count). The molecule has 2 aromatic rings. The molecule has 0 aliphatic carbocycles. The largest absolute Gasteiger partial charge is 0.301 e. The van der Waals surface area contributed by atoms with Gasteiger partial charge in [-0.1, -0.05) is 26.8 Å². The number of pyridine rings is 1. The number of thiazole rings is 1. The summed E-state index contributed by atoms with van der Waals surface area (Å²) in [4.78, 5) is 20.4. The summed E-state index contributed by atoms with van der Waals surface area (Å²) in [6, 6.07) is 3.91. The summed E-state index contributed by atoms with van der Waals surface area (Å²) in [7, 11) is 0. The van der Waals surface area contributed by atoms with Gasteiger partial charge in [0.25, 0.3) is 0 Å². The summed E-state index contributed by atoms with van der Waals surface area (Å²) in [5.74, 6) is 1.19. The molecule has 2 heterocycles. The van der Waals surface area contributed by atoms with Crippen LogP contribution in [0.1, 0.15) is 32.0 Å². The average Bonchev–Trinajstić information content (AvgIpc) is 2.88. The number of carbonyl (C=O) groups is 1. The van der Waals surface area contributed by atoms with Crippen molar-refractivity contribution in [1.29, 1.82) is 0 Å². The molecule has 1 amide bonds. The topological polar surface area (TPSA) is 54.9 Å². The second kappa shape index (κ2) is 7.04. The molecule has 21 heavy (non-hydrogen) atoms. The molecule has 0 unspecified atom stereocenters. The van der Waals surface area contributed by atoms with E-state index in [9.17, 15) is 4.79 Å². The molecule has 0 aliphatic heterocycles. The van der Waals surface area contributed by atoms with E-state index < -0.39 is 0 Å². The highest BCUT2D eigenvalue weighted by atomic mass is 32.2. The monoisotopic (exact) mass is 321 g/mol. The van der Waals surface area contributed by atoms with Crippen molar-refractivity contribution >= 4 is 34.1 Å². The summed E-state index contributed by atoms with van der Waals surface area (Å²) in [6.45, 7) is 6.33. The van der Waals surface area contributed by atoms with Crippen LogP contribution in [-0.2, 0) is 16.0 Å². The summed E-state index contributed by atoms with van der Waals surface area (Å²) in [5.41, 5.74) is 2.14. The molecular weight excluding hydrogens is 302 g/mol. The average molecular weight is 321 g/mol. The lowest BCUT2D eigenvalue weighted by atomic mass is 9.93. The van der Waals surface area contributed by atoms with E-state index in [0.29, 0.717) is 10.9 Å². The Hall–Kier alpha value is -1.40. The molecule has 0 spiro atoms. The quantitative estimate of drug-likeness (QED) is 0.912. The Bertz CT molecular complexity index is 590. The van der Waals surface area contributed by atoms with Gasteiger partial charge in [-0.15, -0.1) is 23.1 Å². The molecule has 0 bridgehead atoms. The Morgan fingerprint density at radius 2 is 2.24 bits per heavy atom. The van der Waals surface area contributed by atoms with Gasteiger partial charge < -0.3 is 5.32 Å². The van der Waals surface area contributed by atoms with Gasteiger partial charge in [-0.3, -0.25) is 9.78 Å². The third kappa shape index (κ3) is 5.13. The molecule has 0 aliphatic rings. The number of nitrogens with zero attached hydrogens (tertiary/aromatic N) is 2. The van der Waals surface area contributed by atoms with Crippen molar-refractivity contribution < 1.29 is 4.79 Å². The Kier molecular flexibility index (Phi) is 5.36. The van der Waals surface area contributed by atoms with Crippen LogP contribution in [0.5, 0.6) is 0 Å². The lowest BCUT2D eigenvalue weighted by molar-refractivity contribution is -0.113. The van der Waals surface area contributed by atoms with Crippen LogP contribution in [0.15, 0.2) is 29.9 Å². The second-order valence-corrected chi connectivity index (χ2v) is 7.53. The zero-order chi connectivity index (χ0) is 15.3. The van der Waals surface area contributed by atoms with Crippen molar-refractivity contribution in [3.8, 4) is 0 Å².